The zero-order chi connectivity index (χ0) is 14.9. The third kappa shape index (κ3) is 2.94. The summed E-state index contributed by atoms with van der Waals surface area (Å²) in [4.78, 5) is 2.16. The lowest BCUT2D eigenvalue weighted by Crippen LogP contribution is -2.54. The predicted octanol–water partition coefficient (Wildman–Crippen LogP) is 1.26. The minimum atomic E-state index is -0.345. The van der Waals surface area contributed by atoms with Gasteiger partial charge in [-0.2, -0.15) is 0 Å². The highest BCUT2D eigenvalue weighted by Gasteiger charge is 2.34. The number of nitrogens with zero attached hydrogens (tertiary/aromatic N) is 1. The molecule has 5 nitrogen and oxygen atoms in total. The number of para-hydroxylation sites is 1. The quantitative estimate of drug-likeness (QED) is 0.574. The molecule has 0 radical (unpaired) electrons. The van der Waals surface area contributed by atoms with Crippen molar-refractivity contribution < 1.29 is 9.84 Å². The number of morpholine rings is 1. The molecular formula is C15H23N3O2. The van der Waals surface area contributed by atoms with Gasteiger partial charge >= 0.3 is 0 Å². The Labute approximate surface area is 119 Å². The normalized spacial score (nSPS) is 21.8. The molecule has 0 bridgehead atoms. The molecule has 1 aliphatic heterocycles. The minimum Gasteiger partial charge on any atom is -0.394 e. The summed E-state index contributed by atoms with van der Waals surface area (Å²) in [6.07, 6.45) is -0.224. The highest BCUT2D eigenvalue weighted by Crippen LogP contribution is 2.31. The Morgan fingerprint density at radius 2 is 2.25 bits per heavy atom. The smallest absolute Gasteiger partial charge is 0.124 e. The molecule has 20 heavy (non-hydrogen) atoms. The van der Waals surface area contributed by atoms with Crippen LogP contribution in [0.3, 0.4) is 0 Å². The van der Waals surface area contributed by atoms with Crippen LogP contribution in [0.5, 0.6) is 0 Å². The SMILES string of the molecule is Cc1cccc(C(=N)N)c1N1CC(CO)OC(C)(C)C1. The average Bonchev–Trinajstić information content (AvgIpc) is 2.36. The number of anilines is 1. The first-order chi connectivity index (χ1) is 9.34. The third-order valence-corrected chi connectivity index (χ3v) is 3.53. The maximum absolute atomic E-state index is 9.42. The van der Waals surface area contributed by atoms with Gasteiger partial charge in [-0.1, -0.05) is 12.1 Å². The Kier molecular flexibility index (Phi) is 4.01. The molecule has 5 heteroatoms. The number of hydrogen-bond acceptors (Lipinski definition) is 4. The highest BCUT2D eigenvalue weighted by molar-refractivity contribution is 6.01. The van der Waals surface area contributed by atoms with Gasteiger partial charge in [-0.15, -0.1) is 0 Å². The fourth-order valence-electron chi connectivity index (χ4n) is 2.86. The molecular weight excluding hydrogens is 254 g/mol. The van der Waals surface area contributed by atoms with Gasteiger partial charge in [0.2, 0.25) is 0 Å². The van der Waals surface area contributed by atoms with Crippen LogP contribution in [0.4, 0.5) is 5.69 Å². The number of benzene rings is 1. The van der Waals surface area contributed by atoms with Gasteiger partial charge in [0.25, 0.3) is 0 Å². The van der Waals surface area contributed by atoms with E-state index < -0.39 is 0 Å². The zero-order valence-electron chi connectivity index (χ0n) is 12.3. The molecule has 1 unspecified atom stereocenters. The molecule has 0 aliphatic carbocycles. The molecule has 0 saturated carbocycles. The molecule has 2 rings (SSSR count). The van der Waals surface area contributed by atoms with Gasteiger partial charge < -0.3 is 20.5 Å². The standard InChI is InChI=1S/C15H23N3O2/c1-10-5-4-6-12(14(16)17)13(10)18-7-11(8-19)20-15(2,3)9-18/h4-6,11,19H,7-9H2,1-3H3,(H3,16,17). The maximum atomic E-state index is 9.42. The number of aryl methyl sites for hydroxylation is 1. The number of aliphatic hydroxyl groups is 1. The Hall–Kier alpha value is -1.59. The van der Waals surface area contributed by atoms with E-state index in [1.54, 1.807) is 0 Å². The number of aliphatic hydroxyl groups excluding tert-OH is 1. The first-order valence-corrected chi connectivity index (χ1v) is 6.81. The lowest BCUT2D eigenvalue weighted by atomic mass is 10.00. The van der Waals surface area contributed by atoms with E-state index >= 15 is 0 Å². The number of nitrogens with two attached hydrogens (primary N) is 1. The van der Waals surface area contributed by atoms with E-state index in [1.165, 1.54) is 0 Å². The van der Waals surface area contributed by atoms with E-state index in [4.69, 9.17) is 15.9 Å². The first-order valence-electron chi connectivity index (χ1n) is 6.81. The molecule has 1 aromatic carbocycles. The fourth-order valence-corrected chi connectivity index (χ4v) is 2.86. The predicted molar refractivity (Wildman–Crippen MR) is 80.4 cm³/mol. The summed E-state index contributed by atoms with van der Waals surface area (Å²) >= 11 is 0. The lowest BCUT2D eigenvalue weighted by Gasteiger charge is -2.44. The molecule has 1 aliphatic rings. The van der Waals surface area contributed by atoms with E-state index in [2.05, 4.69) is 4.90 Å². The van der Waals surface area contributed by atoms with Gasteiger partial charge in [0.05, 0.1) is 24.0 Å². The van der Waals surface area contributed by atoms with Crippen LogP contribution in [0.25, 0.3) is 0 Å². The summed E-state index contributed by atoms with van der Waals surface area (Å²) < 4.78 is 5.84. The van der Waals surface area contributed by atoms with Crippen molar-refractivity contribution in [2.45, 2.75) is 32.5 Å². The van der Waals surface area contributed by atoms with Crippen LogP contribution < -0.4 is 10.6 Å². The molecule has 0 spiro atoms. The largest absolute Gasteiger partial charge is 0.394 e. The third-order valence-electron chi connectivity index (χ3n) is 3.53. The van der Waals surface area contributed by atoms with E-state index in [9.17, 15) is 5.11 Å². The molecule has 1 atom stereocenters. The summed E-state index contributed by atoms with van der Waals surface area (Å²) in [6.45, 7) is 7.32. The van der Waals surface area contributed by atoms with Crippen molar-refractivity contribution in [2.24, 2.45) is 5.73 Å². The second-order valence-electron chi connectivity index (χ2n) is 5.95. The summed E-state index contributed by atoms with van der Waals surface area (Å²) in [5.41, 5.74) is 8.13. The number of amidine groups is 1. The molecule has 4 N–H and O–H groups in total. The van der Waals surface area contributed by atoms with Gasteiger partial charge in [-0.05, 0) is 32.4 Å². The number of rotatable bonds is 3. The number of hydrogen-bond donors (Lipinski definition) is 3. The van der Waals surface area contributed by atoms with Gasteiger partial charge in [-0.25, -0.2) is 0 Å². The number of nitrogens with one attached hydrogen (secondary N) is 1. The molecule has 1 aromatic rings. The van der Waals surface area contributed by atoms with Crippen molar-refractivity contribution in [3.05, 3.63) is 29.3 Å². The molecule has 1 fully saturated rings. The van der Waals surface area contributed by atoms with E-state index in [-0.39, 0.29) is 24.1 Å². The molecule has 0 aromatic heterocycles. The Balaban J connectivity index is 2.42. The maximum Gasteiger partial charge on any atom is 0.124 e. The van der Waals surface area contributed by atoms with Crippen molar-refractivity contribution in [3.63, 3.8) is 0 Å². The van der Waals surface area contributed by atoms with Crippen LogP contribution in [0.2, 0.25) is 0 Å². The number of ether oxygens (including phenoxy) is 1. The van der Waals surface area contributed by atoms with Crippen molar-refractivity contribution in [1.29, 1.82) is 5.41 Å². The topological polar surface area (TPSA) is 82.6 Å². The zero-order valence-corrected chi connectivity index (χ0v) is 12.3. The Bertz CT molecular complexity index is 514. The fraction of sp³-hybridized carbons (Fsp3) is 0.533. The van der Waals surface area contributed by atoms with E-state index in [0.29, 0.717) is 13.1 Å². The van der Waals surface area contributed by atoms with Crippen molar-refractivity contribution >= 4 is 11.5 Å². The van der Waals surface area contributed by atoms with Crippen molar-refractivity contribution in [2.75, 3.05) is 24.6 Å². The summed E-state index contributed by atoms with van der Waals surface area (Å²) in [6, 6.07) is 5.78. The van der Waals surface area contributed by atoms with E-state index in [0.717, 1.165) is 16.8 Å². The minimum absolute atomic E-state index is 0.0127. The van der Waals surface area contributed by atoms with Crippen LogP contribution >= 0.6 is 0 Å². The monoisotopic (exact) mass is 277 g/mol. The second kappa shape index (κ2) is 5.42. The second-order valence-corrected chi connectivity index (χ2v) is 5.95. The lowest BCUT2D eigenvalue weighted by molar-refractivity contribution is -0.101. The highest BCUT2D eigenvalue weighted by atomic mass is 16.5. The summed E-state index contributed by atoms with van der Waals surface area (Å²) in [7, 11) is 0. The summed E-state index contributed by atoms with van der Waals surface area (Å²) in [5.74, 6) is 0.0635. The van der Waals surface area contributed by atoms with Crippen LogP contribution in [-0.2, 0) is 4.74 Å². The van der Waals surface area contributed by atoms with Crippen molar-refractivity contribution in [1.82, 2.24) is 0 Å². The van der Waals surface area contributed by atoms with Crippen LogP contribution in [0.15, 0.2) is 18.2 Å². The van der Waals surface area contributed by atoms with Crippen LogP contribution in [0.1, 0.15) is 25.0 Å². The Morgan fingerprint density at radius 1 is 1.55 bits per heavy atom. The first kappa shape index (κ1) is 14.8. The Morgan fingerprint density at radius 3 is 2.85 bits per heavy atom. The van der Waals surface area contributed by atoms with Gasteiger partial charge in [0.1, 0.15) is 5.84 Å². The molecule has 1 heterocycles. The molecule has 110 valence electrons. The number of nitrogen functional groups attached to an aromatic ring is 1. The van der Waals surface area contributed by atoms with Crippen molar-refractivity contribution in [3.8, 4) is 0 Å². The van der Waals surface area contributed by atoms with Crippen LogP contribution in [-0.4, -0.2) is 42.3 Å². The van der Waals surface area contributed by atoms with Gasteiger partial charge in [0, 0.05) is 18.7 Å². The van der Waals surface area contributed by atoms with E-state index in [1.807, 2.05) is 39.0 Å². The van der Waals surface area contributed by atoms with Gasteiger partial charge in [0.15, 0.2) is 0 Å². The summed E-state index contributed by atoms with van der Waals surface area (Å²) in [5, 5.41) is 17.2. The average molecular weight is 277 g/mol. The molecule has 0 amide bonds. The van der Waals surface area contributed by atoms with Crippen LogP contribution in [0, 0.1) is 12.3 Å². The van der Waals surface area contributed by atoms with Gasteiger partial charge in [-0.3, -0.25) is 5.41 Å². The molecule has 1 saturated heterocycles.